The Bertz CT molecular complexity index is 610. The first-order chi connectivity index (χ1) is 8.97. The van der Waals surface area contributed by atoms with Gasteiger partial charge in [0.2, 0.25) is 15.8 Å². The first-order valence-corrected chi connectivity index (χ1v) is 6.45. The van der Waals surface area contributed by atoms with E-state index in [2.05, 4.69) is 4.42 Å². The number of rotatable bonds is 6. The monoisotopic (exact) mass is 319 g/mol. The summed E-state index contributed by atoms with van der Waals surface area (Å²) in [5.74, 6) is -7.19. The van der Waals surface area contributed by atoms with Crippen molar-refractivity contribution in [2.45, 2.75) is 24.2 Å². The lowest BCUT2D eigenvalue weighted by Gasteiger charge is -2.15. The number of alkyl halides is 4. The fourth-order valence-corrected chi connectivity index (χ4v) is 2.40. The van der Waals surface area contributed by atoms with Crippen LogP contribution in [0.25, 0.3) is 0 Å². The zero-order chi connectivity index (χ0) is 15.7. The van der Waals surface area contributed by atoms with Crippen molar-refractivity contribution < 1.29 is 40.3 Å². The van der Waals surface area contributed by atoms with Crippen molar-refractivity contribution >= 4 is 16.0 Å². The Labute approximate surface area is 110 Å². The Balaban J connectivity index is 2.98. The molecule has 2 N–H and O–H groups in total. The van der Waals surface area contributed by atoms with Gasteiger partial charge >= 0.3 is 18.3 Å². The molecule has 1 heterocycles. The standard InChI is InChI=1S/C9H9F4NO5S/c1-4-6(2-5(19-4)7(15)16)20(17,18)14-3-9(12,13)8(10)11/h2,8,14H,3H2,1H3,(H,15,16). The minimum Gasteiger partial charge on any atom is -0.475 e. The molecule has 11 heteroatoms. The molecule has 0 saturated carbocycles. The Morgan fingerprint density at radius 3 is 2.45 bits per heavy atom. The van der Waals surface area contributed by atoms with Crippen LogP contribution in [0.1, 0.15) is 16.3 Å². The number of hydrogen-bond donors (Lipinski definition) is 2. The summed E-state index contributed by atoms with van der Waals surface area (Å²) in [6, 6.07) is 0.598. The van der Waals surface area contributed by atoms with E-state index in [0.717, 1.165) is 6.92 Å². The molecule has 1 aromatic heterocycles. The van der Waals surface area contributed by atoms with Crippen LogP contribution in [0.2, 0.25) is 0 Å². The molecule has 1 aromatic rings. The van der Waals surface area contributed by atoms with Crippen molar-refractivity contribution in [2.75, 3.05) is 6.54 Å². The van der Waals surface area contributed by atoms with E-state index in [1.54, 1.807) is 0 Å². The van der Waals surface area contributed by atoms with Crippen molar-refractivity contribution in [3.05, 3.63) is 17.6 Å². The van der Waals surface area contributed by atoms with Crippen molar-refractivity contribution in [2.24, 2.45) is 0 Å². The second-order valence-electron chi connectivity index (χ2n) is 3.72. The van der Waals surface area contributed by atoms with Crippen LogP contribution < -0.4 is 4.72 Å². The largest absolute Gasteiger partial charge is 0.475 e. The minimum absolute atomic E-state index is 0.365. The summed E-state index contributed by atoms with van der Waals surface area (Å²) in [7, 11) is -4.59. The molecule has 0 aliphatic rings. The van der Waals surface area contributed by atoms with E-state index < -0.39 is 45.5 Å². The van der Waals surface area contributed by atoms with Gasteiger partial charge in [0.25, 0.3) is 0 Å². The topological polar surface area (TPSA) is 96.6 Å². The van der Waals surface area contributed by atoms with Gasteiger partial charge in [-0.05, 0) is 6.92 Å². The van der Waals surface area contributed by atoms with E-state index in [0.29, 0.717) is 6.07 Å². The molecule has 6 nitrogen and oxygen atoms in total. The minimum atomic E-state index is -4.59. The van der Waals surface area contributed by atoms with Crippen LogP contribution in [0.3, 0.4) is 0 Å². The van der Waals surface area contributed by atoms with E-state index in [9.17, 15) is 30.8 Å². The number of sulfonamides is 1. The summed E-state index contributed by atoms with van der Waals surface area (Å²) in [6.07, 6.45) is -4.04. The van der Waals surface area contributed by atoms with Crippen molar-refractivity contribution in [1.29, 1.82) is 0 Å². The maximum absolute atomic E-state index is 12.6. The molecule has 0 aliphatic carbocycles. The van der Waals surface area contributed by atoms with Crippen LogP contribution in [0.15, 0.2) is 15.4 Å². The number of aryl methyl sites for hydroxylation is 1. The van der Waals surface area contributed by atoms with Gasteiger partial charge in [-0.15, -0.1) is 0 Å². The molecular formula is C9H9F4NO5S. The first-order valence-electron chi connectivity index (χ1n) is 4.97. The van der Waals surface area contributed by atoms with E-state index in [1.165, 1.54) is 4.72 Å². The van der Waals surface area contributed by atoms with Crippen molar-refractivity contribution in [3.63, 3.8) is 0 Å². The van der Waals surface area contributed by atoms with Crippen molar-refractivity contribution in [3.8, 4) is 0 Å². The Hall–Kier alpha value is -1.62. The Morgan fingerprint density at radius 1 is 1.50 bits per heavy atom. The predicted octanol–water partition coefficient (Wildman–Crippen LogP) is 1.46. The lowest BCUT2D eigenvalue weighted by atomic mass is 10.4. The molecule has 0 unspecified atom stereocenters. The van der Waals surface area contributed by atoms with Crippen LogP contribution in [0.5, 0.6) is 0 Å². The highest BCUT2D eigenvalue weighted by Gasteiger charge is 2.42. The van der Waals surface area contributed by atoms with Crippen LogP contribution in [-0.2, 0) is 10.0 Å². The quantitative estimate of drug-likeness (QED) is 0.774. The van der Waals surface area contributed by atoms with Crippen molar-refractivity contribution in [1.82, 2.24) is 4.72 Å². The Kier molecular flexibility index (Phi) is 4.44. The van der Waals surface area contributed by atoms with Gasteiger partial charge in [0.15, 0.2) is 0 Å². The predicted molar refractivity (Wildman–Crippen MR) is 56.5 cm³/mol. The zero-order valence-corrected chi connectivity index (χ0v) is 10.7. The second-order valence-corrected chi connectivity index (χ2v) is 5.46. The highest BCUT2D eigenvalue weighted by molar-refractivity contribution is 7.89. The lowest BCUT2D eigenvalue weighted by molar-refractivity contribution is -0.122. The van der Waals surface area contributed by atoms with Gasteiger partial charge < -0.3 is 9.52 Å². The first kappa shape index (κ1) is 16.4. The van der Waals surface area contributed by atoms with E-state index in [-0.39, 0.29) is 5.76 Å². The molecule has 1 rings (SSSR count). The molecule has 0 amide bonds. The highest BCUT2D eigenvalue weighted by atomic mass is 32.2. The number of carbonyl (C=O) groups is 1. The molecule has 0 aromatic carbocycles. The smallest absolute Gasteiger partial charge is 0.371 e. The number of hydrogen-bond acceptors (Lipinski definition) is 4. The molecule has 0 saturated heterocycles. The van der Waals surface area contributed by atoms with E-state index in [1.807, 2.05) is 0 Å². The highest BCUT2D eigenvalue weighted by Crippen LogP contribution is 2.24. The third kappa shape index (κ3) is 3.48. The molecule has 0 spiro atoms. The summed E-state index contributed by atoms with van der Waals surface area (Å²) < 4.78 is 78.2. The molecule has 114 valence electrons. The summed E-state index contributed by atoms with van der Waals surface area (Å²) in [6.45, 7) is -0.730. The number of carboxylic acid groups (broad SMARTS) is 1. The number of aromatic carboxylic acids is 1. The number of carboxylic acids is 1. The summed E-state index contributed by atoms with van der Waals surface area (Å²) in [5, 5.41) is 8.59. The van der Waals surface area contributed by atoms with Gasteiger partial charge in [-0.25, -0.2) is 26.7 Å². The fourth-order valence-electron chi connectivity index (χ4n) is 1.18. The fraction of sp³-hybridized carbons (Fsp3) is 0.444. The molecule has 0 bridgehead atoms. The molecule has 0 radical (unpaired) electrons. The summed E-state index contributed by atoms with van der Waals surface area (Å²) in [4.78, 5) is 9.86. The third-order valence-electron chi connectivity index (χ3n) is 2.19. The van der Waals surface area contributed by atoms with Gasteiger partial charge in [0.1, 0.15) is 10.7 Å². The number of furan rings is 1. The van der Waals surface area contributed by atoms with Crippen LogP contribution >= 0.6 is 0 Å². The normalized spacial score (nSPS) is 12.9. The third-order valence-corrected chi connectivity index (χ3v) is 3.70. The summed E-state index contributed by atoms with van der Waals surface area (Å²) >= 11 is 0. The zero-order valence-electron chi connectivity index (χ0n) is 9.86. The van der Waals surface area contributed by atoms with Crippen LogP contribution in [0, 0.1) is 6.92 Å². The van der Waals surface area contributed by atoms with Gasteiger partial charge in [-0.3, -0.25) is 0 Å². The second kappa shape index (κ2) is 5.40. The van der Waals surface area contributed by atoms with Gasteiger partial charge in [-0.2, -0.15) is 8.78 Å². The maximum atomic E-state index is 12.6. The molecule has 0 fully saturated rings. The lowest BCUT2D eigenvalue weighted by Crippen LogP contribution is -2.41. The van der Waals surface area contributed by atoms with E-state index >= 15 is 0 Å². The van der Waals surface area contributed by atoms with E-state index in [4.69, 9.17) is 5.11 Å². The Morgan fingerprint density at radius 2 is 2.05 bits per heavy atom. The van der Waals surface area contributed by atoms with Crippen LogP contribution in [0.4, 0.5) is 17.6 Å². The molecule has 0 aliphatic heterocycles. The van der Waals surface area contributed by atoms with Gasteiger partial charge in [-0.1, -0.05) is 0 Å². The van der Waals surface area contributed by atoms with Crippen LogP contribution in [-0.4, -0.2) is 38.4 Å². The average molecular weight is 319 g/mol. The maximum Gasteiger partial charge on any atom is 0.371 e. The summed E-state index contributed by atoms with van der Waals surface area (Å²) in [5.41, 5.74) is 0. The van der Waals surface area contributed by atoms with Gasteiger partial charge in [0.05, 0.1) is 6.54 Å². The molecule has 20 heavy (non-hydrogen) atoms. The molecule has 0 atom stereocenters. The SMILES string of the molecule is Cc1oc(C(=O)O)cc1S(=O)(=O)NCC(F)(F)C(F)F. The number of nitrogens with one attached hydrogen (secondary N) is 1. The van der Waals surface area contributed by atoms with Gasteiger partial charge in [0, 0.05) is 6.07 Å². The average Bonchev–Trinajstić information content (AvgIpc) is 2.70. The molecular weight excluding hydrogens is 310 g/mol. The number of halogens is 4.